The maximum absolute atomic E-state index is 14.6. The van der Waals surface area contributed by atoms with Crippen LogP contribution >= 0.6 is 0 Å². The van der Waals surface area contributed by atoms with Gasteiger partial charge in [-0.15, -0.1) is 0 Å². The smallest absolute Gasteiger partial charge is 0.219 e. The van der Waals surface area contributed by atoms with Crippen molar-refractivity contribution in [1.82, 2.24) is 29.4 Å². The second-order valence-electron chi connectivity index (χ2n) is 17.2. The monoisotopic (exact) mass is 883 g/mol. The lowest BCUT2D eigenvalue weighted by molar-refractivity contribution is -0.130. The molecular weight excluding hydrogens is 812 g/mol. The zero-order chi connectivity index (χ0) is 45.7. The molecule has 0 aliphatic carbocycles. The fraction of sp³-hybridized carbons (Fsp3) is 0.592. The van der Waals surface area contributed by atoms with Gasteiger partial charge in [0, 0.05) is 122 Å². The van der Waals surface area contributed by atoms with Gasteiger partial charge in [0.2, 0.25) is 11.8 Å². The molecule has 2 saturated heterocycles. The first-order chi connectivity index (χ1) is 31.0. The van der Waals surface area contributed by atoms with Crippen molar-refractivity contribution in [2.24, 2.45) is 0 Å². The molecule has 4 aromatic rings. The van der Waals surface area contributed by atoms with E-state index in [4.69, 9.17) is 19.7 Å². The van der Waals surface area contributed by atoms with E-state index in [1.54, 1.807) is 26.8 Å². The summed E-state index contributed by atoms with van der Waals surface area (Å²) in [7, 11) is 2.04. The molecule has 2 aromatic carbocycles. The molecule has 6 aliphatic rings. The van der Waals surface area contributed by atoms with Gasteiger partial charge in [0.1, 0.15) is 5.82 Å². The topological polar surface area (TPSA) is 116 Å². The van der Waals surface area contributed by atoms with Crippen molar-refractivity contribution in [2.45, 2.75) is 119 Å². The van der Waals surface area contributed by atoms with Gasteiger partial charge in [-0.1, -0.05) is 33.8 Å². The van der Waals surface area contributed by atoms with E-state index in [1.165, 1.54) is 28.2 Å². The van der Waals surface area contributed by atoms with Crippen molar-refractivity contribution in [2.75, 3.05) is 92.8 Å². The fourth-order valence-corrected chi connectivity index (χ4v) is 9.85. The molecule has 1 N–H and O–H groups in total. The van der Waals surface area contributed by atoms with Gasteiger partial charge < -0.3 is 39.3 Å². The maximum Gasteiger partial charge on any atom is 0.219 e. The first kappa shape index (κ1) is 46.8. The second-order valence-corrected chi connectivity index (χ2v) is 17.2. The number of carbonyl (C=O) groups is 2. The van der Waals surface area contributed by atoms with Crippen molar-refractivity contribution in [1.29, 1.82) is 0 Å². The van der Waals surface area contributed by atoms with Gasteiger partial charge in [-0.05, 0) is 74.9 Å². The van der Waals surface area contributed by atoms with Crippen molar-refractivity contribution in [3.63, 3.8) is 0 Å². The number of anilines is 6. The Morgan fingerprint density at radius 3 is 1.70 bits per heavy atom. The molecule has 2 amide bonds. The van der Waals surface area contributed by atoms with Crippen LogP contribution in [-0.4, -0.2) is 114 Å². The molecule has 64 heavy (non-hydrogen) atoms. The number of aromatic nitrogens is 4. The predicted molar refractivity (Wildman–Crippen MR) is 253 cm³/mol. The van der Waals surface area contributed by atoms with Crippen LogP contribution in [-0.2, 0) is 45.0 Å². The van der Waals surface area contributed by atoms with Crippen LogP contribution in [0.4, 0.5) is 38.8 Å². The minimum atomic E-state index is -0.206. The van der Waals surface area contributed by atoms with Crippen LogP contribution in [0.3, 0.4) is 0 Å². The molecule has 8 heterocycles. The molecule has 2 fully saturated rings. The quantitative estimate of drug-likeness (QED) is 0.215. The molecule has 0 unspecified atom stereocenters. The summed E-state index contributed by atoms with van der Waals surface area (Å²) < 4.78 is 30.2. The van der Waals surface area contributed by atoms with E-state index >= 15 is 0 Å². The van der Waals surface area contributed by atoms with E-state index in [2.05, 4.69) is 54.5 Å². The zero-order valence-electron chi connectivity index (χ0n) is 39.8. The first-order valence-electron chi connectivity index (χ1n) is 23.8. The maximum atomic E-state index is 14.6. The van der Waals surface area contributed by atoms with Crippen LogP contribution in [0.5, 0.6) is 0 Å². The molecule has 6 aliphatic heterocycles. The number of amides is 2. The van der Waals surface area contributed by atoms with Crippen LogP contribution in [0.15, 0.2) is 30.3 Å². The summed E-state index contributed by atoms with van der Waals surface area (Å²) in [5.41, 5.74) is 10.9. The van der Waals surface area contributed by atoms with Crippen LogP contribution in [0.1, 0.15) is 113 Å². The number of fused-ring (bicyclic) bond motifs is 4. The van der Waals surface area contributed by atoms with Crippen LogP contribution < -0.4 is 20.0 Å². The normalized spacial score (nSPS) is 18.4. The molecule has 0 bridgehead atoms. The summed E-state index contributed by atoms with van der Waals surface area (Å²) >= 11 is 0. The van der Waals surface area contributed by atoms with E-state index < -0.39 is 0 Å². The van der Waals surface area contributed by atoms with Gasteiger partial charge in [0.25, 0.3) is 0 Å². The number of carbonyl (C=O) groups excluding carboxylic acids is 2. The third-order valence-corrected chi connectivity index (χ3v) is 13.3. The van der Waals surface area contributed by atoms with Crippen molar-refractivity contribution < 1.29 is 23.5 Å². The first-order valence-corrected chi connectivity index (χ1v) is 23.8. The minimum absolute atomic E-state index is 0.0795. The Balaban J connectivity index is 0.000000178. The molecule has 0 saturated carbocycles. The summed E-state index contributed by atoms with van der Waals surface area (Å²) in [6.07, 6.45) is 5.55. The summed E-state index contributed by atoms with van der Waals surface area (Å²) in [6, 6.07) is 10.8. The molecule has 0 atom stereocenters. The van der Waals surface area contributed by atoms with Gasteiger partial charge in [0.15, 0.2) is 11.6 Å². The number of hydrogen-bond acceptors (Lipinski definition) is 10. The SMILES string of the molecule is CC.CC.CC(=O)N1CCc2c(c(N3CCN(C)c4cc(C)c(F)cc43)nn2C2CCOCC2)C1.CC(=O)N1CCc2c(c(N3CCNc4cc(C)ccc43)nn2C2CCOCC2)C1. The van der Waals surface area contributed by atoms with Gasteiger partial charge >= 0.3 is 0 Å². The highest BCUT2D eigenvalue weighted by atomic mass is 19.1. The number of ether oxygens (including phenoxy) is 2. The molecular formula is C49H71FN10O4. The van der Waals surface area contributed by atoms with Gasteiger partial charge in [0.05, 0.1) is 47.9 Å². The van der Waals surface area contributed by atoms with E-state index in [9.17, 15) is 14.0 Å². The Labute approximate surface area is 379 Å². The van der Waals surface area contributed by atoms with Gasteiger partial charge in [-0.2, -0.15) is 10.2 Å². The van der Waals surface area contributed by atoms with E-state index in [-0.39, 0.29) is 17.6 Å². The molecule has 0 spiro atoms. The van der Waals surface area contributed by atoms with Crippen LogP contribution in [0.25, 0.3) is 0 Å². The number of likely N-dealkylation sites (N-methyl/N-ethyl adjacent to an activating group) is 1. The molecule has 0 radical (unpaired) electrons. The number of halogens is 1. The van der Waals surface area contributed by atoms with E-state index in [0.29, 0.717) is 37.3 Å². The largest absolute Gasteiger partial charge is 0.382 e. The zero-order valence-corrected chi connectivity index (χ0v) is 39.8. The lowest BCUT2D eigenvalue weighted by Crippen LogP contribution is -2.38. The molecule has 14 nitrogen and oxygen atoms in total. The molecule has 15 heteroatoms. The Bertz CT molecular complexity index is 2260. The lowest BCUT2D eigenvalue weighted by atomic mass is 10.0. The van der Waals surface area contributed by atoms with Crippen molar-refractivity contribution in [3.8, 4) is 0 Å². The fourth-order valence-electron chi connectivity index (χ4n) is 9.85. The Morgan fingerprint density at radius 1 is 0.672 bits per heavy atom. The van der Waals surface area contributed by atoms with Gasteiger partial charge in [-0.25, -0.2) is 4.39 Å². The Hall–Kier alpha value is -5.15. The average molecular weight is 883 g/mol. The Kier molecular flexibility index (Phi) is 15.2. The predicted octanol–water partition coefficient (Wildman–Crippen LogP) is 8.24. The number of nitrogens with zero attached hydrogens (tertiary/aromatic N) is 9. The van der Waals surface area contributed by atoms with Crippen molar-refractivity contribution >= 4 is 46.2 Å². The van der Waals surface area contributed by atoms with Crippen LogP contribution in [0.2, 0.25) is 0 Å². The third-order valence-electron chi connectivity index (χ3n) is 13.3. The number of hydrogen-bond donors (Lipinski definition) is 1. The molecule has 2 aromatic heterocycles. The van der Waals surface area contributed by atoms with E-state index in [0.717, 1.165) is 132 Å². The van der Waals surface area contributed by atoms with E-state index in [1.807, 2.05) is 50.6 Å². The number of nitrogens with one attached hydrogen (secondary N) is 1. The molecule has 10 rings (SSSR count). The minimum Gasteiger partial charge on any atom is -0.382 e. The summed E-state index contributed by atoms with van der Waals surface area (Å²) in [6.45, 7) is 24.3. The van der Waals surface area contributed by atoms with Crippen LogP contribution in [0, 0.1) is 19.7 Å². The highest BCUT2D eigenvalue weighted by Gasteiger charge is 2.36. The summed E-state index contributed by atoms with van der Waals surface area (Å²) in [5, 5.41) is 13.8. The third kappa shape index (κ3) is 9.47. The highest BCUT2D eigenvalue weighted by Crippen LogP contribution is 2.43. The second kappa shape index (κ2) is 20.8. The summed E-state index contributed by atoms with van der Waals surface area (Å²) in [4.78, 5) is 34.7. The Morgan fingerprint density at radius 2 is 1.19 bits per heavy atom. The van der Waals surface area contributed by atoms with Crippen molar-refractivity contribution in [3.05, 3.63) is 69.8 Å². The number of aryl methyl sites for hydroxylation is 2. The number of rotatable bonds is 4. The number of benzene rings is 2. The average Bonchev–Trinajstić information content (AvgIpc) is 3.90. The van der Waals surface area contributed by atoms with Gasteiger partial charge in [-0.3, -0.25) is 19.0 Å². The molecule has 348 valence electrons. The summed E-state index contributed by atoms with van der Waals surface area (Å²) in [5.74, 6) is 1.89. The highest BCUT2D eigenvalue weighted by molar-refractivity contribution is 5.82. The standard InChI is InChI=1S/C23H30FN5O2.C22H29N5O2.2C2H6/c1-15-12-21-22(13-19(15)24)28(9-8-26(21)3)23-18-14-27(16(2)30)7-4-20(18)29(25-23)17-5-10-31-11-6-17;1-15-3-4-21-19(13-15)23-8-10-26(21)22-18-14-25(16(2)28)9-5-20(18)27(24-22)17-6-11-29-12-7-17;2*1-2/h12-13,17H,4-11,14H2,1-3H3;3-4,13,17,23H,5-12,14H2,1-2H3;2*1-2H3. The lowest BCUT2D eigenvalue weighted by Gasteiger charge is -2.37.